The third kappa shape index (κ3) is 3.40. The molecule has 1 fully saturated rings. The van der Waals surface area contributed by atoms with E-state index in [9.17, 15) is 9.59 Å². The number of ether oxygens (including phenoxy) is 1. The highest BCUT2D eigenvalue weighted by molar-refractivity contribution is 5.93. The largest absolute Gasteiger partial charge is 0.491 e. The van der Waals surface area contributed by atoms with Crippen molar-refractivity contribution >= 4 is 17.5 Å². The molecule has 0 aliphatic carbocycles. The van der Waals surface area contributed by atoms with E-state index in [-0.39, 0.29) is 11.8 Å². The van der Waals surface area contributed by atoms with Crippen LogP contribution < -0.4 is 10.1 Å². The van der Waals surface area contributed by atoms with Gasteiger partial charge in [0.2, 0.25) is 11.8 Å². The van der Waals surface area contributed by atoms with Crippen LogP contribution in [0.1, 0.15) is 31.7 Å². The zero-order chi connectivity index (χ0) is 15.5. The van der Waals surface area contributed by atoms with Crippen LogP contribution in [-0.2, 0) is 16.0 Å². The van der Waals surface area contributed by atoms with Crippen LogP contribution in [0.2, 0.25) is 0 Å². The van der Waals surface area contributed by atoms with Crippen LogP contribution in [0.5, 0.6) is 5.75 Å². The summed E-state index contributed by atoms with van der Waals surface area (Å²) in [7, 11) is 0. The molecule has 1 aromatic rings. The quantitative estimate of drug-likeness (QED) is 0.911. The third-order valence-electron chi connectivity index (χ3n) is 4.40. The molecule has 5 heteroatoms. The third-order valence-corrected chi connectivity index (χ3v) is 4.40. The van der Waals surface area contributed by atoms with Crippen molar-refractivity contribution in [2.75, 3.05) is 25.0 Å². The number of rotatable bonds is 2. The fraction of sp³-hybridized carbons (Fsp3) is 0.529. The van der Waals surface area contributed by atoms with E-state index >= 15 is 0 Å². The number of nitrogens with one attached hydrogen (secondary N) is 1. The highest BCUT2D eigenvalue weighted by Gasteiger charge is 2.21. The Kier molecular flexibility index (Phi) is 4.32. The summed E-state index contributed by atoms with van der Waals surface area (Å²) in [5.41, 5.74) is 1.58. The maximum absolute atomic E-state index is 12.4. The minimum absolute atomic E-state index is 0.0488. The van der Waals surface area contributed by atoms with E-state index in [4.69, 9.17) is 4.74 Å². The minimum atomic E-state index is -0.0488. The summed E-state index contributed by atoms with van der Waals surface area (Å²) < 4.78 is 5.53. The van der Waals surface area contributed by atoms with Crippen molar-refractivity contribution in [3.63, 3.8) is 0 Å². The van der Waals surface area contributed by atoms with Crippen molar-refractivity contribution in [1.82, 2.24) is 4.90 Å². The van der Waals surface area contributed by atoms with E-state index in [0.29, 0.717) is 36.8 Å². The zero-order valence-corrected chi connectivity index (χ0v) is 12.9. The molecule has 22 heavy (non-hydrogen) atoms. The Labute approximate surface area is 130 Å². The van der Waals surface area contributed by atoms with Gasteiger partial charge < -0.3 is 15.0 Å². The standard InChI is InChI=1S/C17H22N2O3/c1-12-4-7-19(8-5-12)17(21)11-13-2-3-15-14(10-13)18-16(20)6-9-22-15/h2-3,10,12H,4-9,11H2,1H3,(H,18,20). The number of fused-ring (bicyclic) bond motifs is 1. The van der Waals surface area contributed by atoms with Crippen LogP contribution in [0.25, 0.3) is 0 Å². The molecular formula is C17H22N2O3. The van der Waals surface area contributed by atoms with Gasteiger partial charge in [0.05, 0.1) is 25.1 Å². The molecule has 1 aromatic carbocycles. The molecule has 1 N–H and O–H groups in total. The second-order valence-electron chi connectivity index (χ2n) is 6.22. The van der Waals surface area contributed by atoms with Gasteiger partial charge in [-0.15, -0.1) is 0 Å². The van der Waals surface area contributed by atoms with Gasteiger partial charge in [-0.05, 0) is 36.5 Å². The van der Waals surface area contributed by atoms with Crippen molar-refractivity contribution < 1.29 is 14.3 Å². The first-order valence-corrected chi connectivity index (χ1v) is 7.95. The van der Waals surface area contributed by atoms with Gasteiger partial charge in [0, 0.05) is 13.1 Å². The van der Waals surface area contributed by atoms with Gasteiger partial charge in [-0.1, -0.05) is 13.0 Å². The predicted molar refractivity (Wildman–Crippen MR) is 83.9 cm³/mol. The summed E-state index contributed by atoms with van der Waals surface area (Å²) in [6.07, 6.45) is 2.89. The molecular weight excluding hydrogens is 280 g/mol. The number of anilines is 1. The predicted octanol–water partition coefficient (Wildman–Crippen LogP) is 2.21. The van der Waals surface area contributed by atoms with Gasteiger partial charge in [0.1, 0.15) is 5.75 Å². The first kappa shape index (κ1) is 14.9. The smallest absolute Gasteiger partial charge is 0.227 e. The van der Waals surface area contributed by atoms with Crippen LogP contribution in [0.15, 0.2) is 18.2 Å². The van der Waals surface area contributed by atoms with Crippen molar-refractivity contribution in [3.05, 3.63) is 23.8 Å². The molecule has 0 aromatic heterocycles. The molecule has 0 atom stereocenters. The summed E-state index contributed by atoms with van der Waals surface area (Å²) in [5.74, 6) is 1.50. The Bertz CT molecular complexity index is 577. The number of amides is 2. The van der Waals surface area contributed by atoms with Crippen LogP contribution >= 0.6 is 0 Å². The minimum Gasteiger partial charge on any atom is -0.491 e. The van der Waals surface area contributed by atoms with Gasteiger partial charge in [0.25, 0.3) is 0 Å². The van der Waals surface area contributed by atoms with E-state index in [1.807, 2.05) is 23.1 Å². The molecule has 1 saturated heterocycles. The summed E-state index contributed by atoms with van der Waals surface area (Å²) in [6, 6.07) is 5.59. The topological polar surface area (TPSA) is 58.6 Å². The van der Waals surface area contributed by atoms with Gasteiger partial charge in [-0.25, -0.2) is 0 Å². The molecule has 0 unspecified atom stereocenters. The van der Waals surface area contributed by atoms with E-state index in [1.54, 1.807) is 0 Å². The average Bonchev–Trinajstić information content (AvgIpc) is 2.68. The lowest BCUT2D eigenvalue weighted by molar-refractivity contribution is -0.131. The molecule has 2 aliphatic heterocycles. The number of hydrogen-bond donors (Lipinski definition) is 1. The lowest BCUT2D eigenvalue weighted by Crippen LogP contribution is -2.38. The number of benzene rings is 1. The number of hydrogen-bond acceptors (Lipinski definition) is 3. The molecule has 2 amide bonds. The highest BCUT2D eigenvalue weighted by Crippen LogP contribution is 2.28. The number of piperidine rings is 1. The molecule has 2 heterocycles. The van der Waals surface area contributed by atoms with Crippen LogP contribution in [-0.4, -0.2) is 36.4 Å². The lowest BCUT2D eigenvalue weighted by Gasteiger charge is -2.30. The fourth-order valence-electron chi connectivity index (χ4n) is 2.92. The Morgan fingerprint density at radius 2 is 2.14 bits per heavy atom. The van der Waals surface area contributed by atoms with E-state index < -0.39 is 0 Å². The summed E-state index contributed by atoms with van der Waals surface area (Å²) in [4.78, 5) is 25.9. The number of carbonyl (C=O) groups is 2. The molecule has 3 rings (SSSR count). The van der Waals surface area contributed by atoms with E-state index in [2.05, 4.69) is 12.2 Å². The summed E-state index contributed by atoms with van der Waals surface area (Å²) in [6.45, 7) is 4.33. The molecule has 0 spiro atoms. The highest BCUT2D eigenvalue weighted by atomic mass is 16.5. The molecule has 5 nitrogen and oxygen atoms in total. The Balaban J connectivity index is 1.68. The van der Waals surface area contributed by atoms with Gasteiger partial charge >= 0.3 is 0 Å². The fourth-order valence-corrected chi connectivity index (χ4v) is 2.92. The normalized spacial score (nSPS) is 19.0. The Hall–Kier alpha value is -2.04. The molecule has 0 bridgehead atoms. The van der Waals surface area contributed by atoms with Crippen LogP contribution in [0, 0.1) is 5.92 Å². The number of nitrogens with zero attached hydrogens (tertiary/aromatic N) is 1. The summed E-state index contributed by atoms with van der Waals surface area (Å²) in [5, 5.41) is 2.83. The molecule has 0 radical (unpaired) electrons. The second-order valence-corrected chi connectivity index (χ2v) is 6.22. The van der Waals surface area contributed by atoms with Gasteiger partial charge in [-0.2, -0.15) is 0 Å². The monoisotopic (exact) mass is 302 g/mol. The van der Waals surface area contributed by atoms with E-state index in [1.165, 1.54) is 0 Å². The van der Waals surface area contributed by atoms with Gasteiger partial charge in [-0.3, -0.25) is 9.59 Å². The van der Waals surface area contributed by atoms with Crippen molar-refractivity contribution in [3.8, 4) is 5.75 Å². The Morgan fingerprint density at radius 3 is 2.91 bits per heavy atom. The maximum atomic E-state index is 12.4. The molecule has 0 saturated carbocycles. The van der Waals surface area contributed by atoms with E-state index in [0.717, 1.165) is 31.5 Å². The van der Waals surface area contributed by atoms with Crippen LogP contribution in [0.3, 0.4) is 0 Å². The first-order valence-electron chi connectivity index (χ1n) is 7.95. The first-order chi connectivity index (χ1) is 10.6. The SMILES string of the molecule is CC1CCN(C(=O)Cc2ccc3c(c2)NC(=O)CCO3)CC1. The van der Waals surface area contributed by atoms with Crippen molar-refractivity contribution in [1.29, 1.82) is 0 Å². The lowest BCUT2D eigenvalue weighted by atomic mass is 9.98. The molecule has 118 valence electrons. The average molecular weight is 302 g/mol. The number of carbonyl (C=O) groups excluding carboxylic acids is 2. The second kappa shape index (κ2) is 6.38. The van der Waals surface area contributed by atoms with Crippen molar-refractivity contribution in [2.45, 2.75) is 32.6 Å². The molecule has 2 aliphatic rings. The number of likely N-dealkylation sites (tertiary alicyclic amines) is 1. The van der Waals surface area contributed by atoms with Gasteiger partial charge in [0.15, 0.2) is 0 Å². The zero-order valence-electron chi connectivity index (χ0n) is 12.9. The Morgan fingerprint density at radius 1 is 1.36 bits per heavy atom. The van der Waals surface area contributed by atoms with Crippen molar-refractivity contribution in [2.24, 2.45) is 5.92 Å². The summed E-state index contributed by atoms with van der Waals surface area (Å²) >= 11 is 0. The van der Waals surface area contributed by atoms with Crippen LogP contribution in [0.4, 0.5) is 5.69 Å². The maximum Gasteiger partial charge on any atom is 0.227 e.